The number of fused-ring (bicyclic) bond motifs is 5. The van der Waals surface area contributed by atoms with Crippen LogP contribution in [0.4, 0.5) is 0 Å². The smallest absolute Gasteiger partial charge is 0.662 e. The van der Waals surface area contributed by atoms with Gasteiger partial charge in [-0.3, -0.25) is 4.79 Å². The first-order chi connectivity index (χ1) is 63.1. The van der Waals surface area contributed by atoms with Crippen molar-refractivity contribution >= 4 is 30.3 Å². The van der Waals surface area contributed by atoms with Crippen molar-refractivity contribution in [3.05, 3.63) is 400 Å². The van der Waals surface area contributed by atoms with E-state index in [0.717, 1.165) is 90.1 Å². The van der Waals surface area contributed by atoms with Crippen LogP contribution in [-0.4, -0.2) is 131 Å². The molecule has 13 aromatic rings. The topological polar surface area (TPSA) is 390 Å². The largest absolute Gasteiger partial charge is 1.00 e. The molecule has 0 bridgehead atoms. The predicted octanol–water partition coefficient (Wildman–Crippen LogP) is 11.3. The molecule has 0 amide bonds. The van der Waals surface area contributed by atoms with Crippen molar-refractivity contribution in [2.45, 2.75) is 93.1 Å². The molecule has 0 unspecified atom stereocenters. The van der Waals surface area contributed by atoms with E-state index in [9.17, 15) is 30.6 Å². The van der Waals surface area contributed by atoms with Gasteiger partial charge in [-0.1, -0.05) is 278 Å². The van der Waals surface area contributed by atoms with E-state index in [1.807, 2.05) is 277 Å². The van der Waals surface area contributed by atoms with Crippen LogP contribution in [0.15, 0.2) is 339 Å². The number of benzene rings is 13. The molecule has 13 aromatic carbocycles. The number of aryl methyl sites for hydroxylation is 5. The molecule has 5 heterocycles. The van der Waals surface area contributed by atoms with Gasteiger partial charge in [0.2, 0.25) is 0 Å². The summed E-state index contributed by atoms with van der Waals surface area (Å²) >= 11 is 0. The number of nitrogens with two attached hydrogens (primary N) is 3. The van der Waals surface area contributed by atoms with Gasteiger partial charge in [0, 0.05) is 52.4 Å². The van der Waals surface area contributed by atoms with Crippen LogP contribution in [0.1, 0.15) is 86.2 Å². The van der Waals surface area contributed by atoms with Crippen LogP contribution in [0.5, 0.6) is 57.5 Å². The summed E-state index contributed by atoms with van der Waals surface area (Å²) in [5.74, 6) is 7.12. The minimum atomic E-state index is -1.46. The first kappa shape index (κ1) is 99.2. The number of ether oxygens (including phenoxy) is 10. The molecule has 0 fully saturated rings. The average molecular weight is 1800 g/mol. The van der Waals surface area contributed by atoms with E-state index in [1.54, 1.807) is 0 Å². The Morgan fingerprint density at radius 3 is 0.771 bits per heavy atom. The van der Waals surface area contributed by atoms with Crippen molar-refractivity contribution < 1.29 is 123 Å². The second kappa shape index (κ2) is 47.5. The molecular weight excluding hydrogens is 1690 g/mol. The van der Waals surface area contributed by atoms with Gasteiger partial charge in [-0.15, -0.1) is 0 Å². The van der Waals surface area contributed by atoms with Crippen molar-refractivity contribution in [3.63, 3.8) is 0 Å². The van der Waals surface area contributed by atoms with E-state index in [4.69, 9.17) is 80.2 Å². The summed E-state index contributed by atoms with van der Waals surface area (Å²) in [5, 5.41) is 79.6. The second-order valence-electron chi connectivity index (χ2n) is 31.7. The number of hydrogen-bond acceptors (Lipinski definition) is 23. The fourth-order valence-corrected chi connectivity index (χ4v) is 17.3. The maximum atomic E-state index is 10.9. The number of nitrogens with zero attached hydrogens (tertiary/aromatic N) is 3. The SMILES string of the molecule is Cc1ccccc1O[C@@H]1c2ccccc2OC[C@]1(O)CN.Cc1ccccc1O[C@H]1c2ccccc2OC[C@@]1(O)CN.Cc1ccccc1O[C@H]1c2ccccc2OC[C@@]1(O)CN.Cc1ccccc1O[C@H]1c2ccccc2OC[C@@]1(O)CN=[N+]=[N-].Cc1ccccc1O[C@H]1c2ccccc2OC[C@@]1(O)CO.O=CO[O-].[Na+].c1ccc(P(c2ccccc2)c2ccccc2)cc1. The van der Waals surface area contributed by atoms with Crippen molar-refractivity contribution in [1.82, 2.24) is 0 Å². The number of hydrogen-bond donors (Lipinski definition) is 9. The number of aliphatic hydroxyl groups is 6. The maximum absolute atomic E-state index is 10.9. The third kappa shape index (κ3) is 24.9. The molecule has 0 saturated heterocycles. The molecule has 27 heteroatoms. The van der Waals surface area contributed by atoms with E-state index in [1.165, 1.54) is 15.9 Å². The number of aliphatic hydroxyl groups excluding tert-OH is 1. The summed E-state index contributed by atoms with van der Waals surface area (Å²) in [6.45, 7) is 9.62. The van der Waals surface area contributed by atoms with Crippen LogP contribution in [0.25, 0.3) is 10.4 Å². The van der Waals surface area contributed by atoms with E-state index >= 15 is 0 Å². The summed E-state index contributed by atoms with van der Waals surface area (Å²) in [7, 11) is -0.446. The zero-order chi connectivity index (χ0) is 92.1. The Kier molecular flexibility index (Phi) is 36.0. The van der Waals surface area contributed by atoms with E-state index in [2.05, 4.69) is 106 Å². The van der Waals surface area contributed by atoms with Gasteiger partial charge in [0.1, 0.15) is 96.1 Å². The van der Waals surface area contributed by atoms with Crippen molar-refractivity contribution in [2.24, 2.45) is 22.3 Å². The Bertz CT molecular complexity index is 5310. The monoisotopic (exact) mass is 1800 g/mol. The summed E-state index contributed by atoms with van der Waals surface area (Å²) in [6, 6.07) is 108. The van der Waals surface area contributed by atoms with Crippen LogP contribution in [0.2, 0.25) is 0 Å². The fraction of sp³-hybridized carbons (Fsp3) is 0.240. The molecule has 5 aliphatic rings. The number of carbonyl (C=O) groups is 1. The molecule has 131 heavy (non-hydrogen) atoms. The quantitative estimate of drug-likeness (QED) is 0.00500. The van der Waals surface area contributed by atoms with E-state index < -0.39 is 73.1 Å². The number of rotatable bonds is 20. The minimum Gasteiger partial charge on any atom is -0.662 e. The fourth-order valence-electron chi connectivity index (χ4n) is 15.0. The molecule has 25 nitrogen and oxygen atoms in total. The number of carbonyl (C=O) groups excluding carboxylic acids is 1. The van der Waals surface area contributed by atoms with Crippen LogP contribution >= 0.6 is 7.92 Å². The van der Waals surface area contributed by atoms with Gasteiger partial charge >= 0.3 is 29.6 Å². The average Bonchev–Trinajstić information content (AvgIpc) is 0.789. The third-order valence-corrected chi connectivity index (χ3v) is 24.8. The molecule has 0 spiro atoms. The van der Waals surface area contributed by atoms with Gasteiger partial charge < -0.3 is 105 Å². The maximum Gasteiger partial charge on any atom is 1.00 e. The minimum absolute atomic E-state index is 0. The molecule has 5 aliphatic heterocycles. The number of azide groups is 1. The molecule has 0 radical (unpaired) electrons. The Morgan fingerprint density at radius 1 is 0.351 bits per heavy atom. The van der Waals surface area contributed by atoms with Crippen LogP contribution in [0, 0.1) is 34.6 Å². The summed E-state index contributed by atoms with van der Waals surface area (Å²) in [5.41, 5.74) is 28.2. The van der Waals surface area contributed by atoms with Gasteiger partial charge in [0.15, 0.2) is 52.9 Å². The first-order valence-electron chi connectivity index (χ1n) is 42.3. The van der Waals surface area contributed by atoms with Crippen LogP contribution < -0.4 is 115 Å². The standard InChI is InChI=1S/C18H15P.C17H17N3O3.3C17H19NO3.C17H18O4.CH2O3.Na/c1-4-10-16(11-5-1)19(17-12-6-2-7-13-17)18-14-8-3-9-15-18;1-12-6-2-4-8-14(12)23-16-13-7-3-5-9-15(13)22-11-17(16,21)10-19-20-18;4*1-12-6-2-4-8-14(12)21-16-13-7-3-5-9-15(13)20-11-17(16,19)10-18;2-1-4-3;/h1-15H;2-9,16,21H,10-11H2,1H3;3*2-9,16,19H,10-11,18H2,1H3;2-9,16,18-19H,10-11H2,1H3;1,3H;/q;;;;;;;+1/p-1/t;5*16-,17-;;/m.01000../s1. The van der Waals surface area contributed by atoms with Gasteiger partial charge in [0.25, 0.3) is 6.47 Å². The molecule has 0 saturated carbocycles. The van der Waals surface area contributed by atoms with Crippen LogP contribution in [0.3, 0.4) is 0 Å². The third-order valence-electron chi connectivity index (χ3n) is 22.4. The van der Waals surface area contributed by atoms with Gasteiger partial charge in [-0.2, -0.15) is 0 Å². The molecule has 12 N–H and O–H groups in total. The summed E-state index contributed by atoms with van der Waals surface area (Å²) < 4.78 is 58.5. The number of para-hydroxylation sites is 10. The predicted molar refractivity (Wildman–Crippen MR) is 498 cm³/mol. The molecule has 674 valence electrons. The van der Waals surface area contributed by atoms with E-state index in [0.29, 0.717) is 23.0 Å². The molecule has 0 aliphatic carbocycles. The summed E-state index contributed by atoms with van der Waals surface area (Å²) in [6.07, 6.45) is -3.00. The van der Waals surface area contributed by atoms with Crippen molar-refractivity contribution in [2.75, 3.05) is 65.8 Å². The Balaban J connectivity index is 0.000000150. The second-order valence-corrected chi connectivity index (χ2v) is 33.9. The molecule has 0 aromatic heterocycles. The zero-order valence-electron chi connectivity index (χ0n) is 73.8. The van der Waals surface area contributed by atoms with E-state index in [-0.39, 0.29) is 95.2 Å². The van der Waals surface area contributed by atoms with Crippen molar-refractivity contribution in [3.8, 4) is 57.5 Å². The first-order valence-corrected chi connectivity index (χ1v) is 43.6. The molecule has 10 atom stereocenters. The normalized spacial score (nSPS) is 21.1. The van der Waals surface area contributed by atoms with Crippen LogP contribution in [-0.2, 0) is 9.68 Å². The Hall–Kier alpha value is -12.3. The van der Waals surface area contributed by atoms with Crippen molar-refractivity contribution in [1.29, 1.82) is 0 Å². The van der Waals surface area contributed by atoms with Gasteiger partial charge in [-0.25, -0.2) is 0 Å². The Labute approximate surface area is 786 Å². The zero-order valence-corrected chi connectivity index (χ0v) is 76.7. The summed E-state index contributed by atoms with van der Waals surface area (Å²) in [4.78, 5) is 14.0. The molecule has 18 rings (SSSR count). The van der Waals surface area contributed by atoms with Gasteiger partial charge in [0.05, 0.1) is 13.2 Å². The van der Waals surface area contributed by atoms with Gasteiger partial charge in [-0.05, 0) is 152 Å². The Morgan fingerprint density at radius 2 is 0.550 bits per heavy atom. The molecular formula is C104H108N6NaO19P.